The molecule has 0 fully saturated rings. The topological polar surface area (TPSA) is 56.9 Å². The molecule has 0 saturated heterocycles. The maximum absolute atomic E-state index is 13.2. The Kier molecular flexibility index (Phi) is 5.07. The van der Waals surface area contributed by atoms with Gasteiger partial charge in [-0.15, -0.1) is 0 Å². The minimum absolute atomic E-state index is 0.0759. The fourth-order valence-corrected chi connectivity index (χ4v) is 4.05. The second kappa shape index (κ2) is 7.66. The second-order valence-corrected chi connectivity index (χ2v) is 7.63. The fourth-order valence-electron chi connectivity index (χ4n) is 2.88. The predicted octanol–water partition coefficient (Wildman–Crippen LogP) is 4.03. The largest absolute Gasteiger partial charge is 0.319 e. The molecule has 4 rings (SSSR count). The smallest absolute Gasteiger partial charge is 0.266 e. The number of halogens is 1. The van der Waals surface area contributed by atoms with Crippen LogP contribution in [0.2, 0.25) is 5.02 Å². The van der Waals surface area contributed by atoms with E-state index in [1.54, 1.807) is 37.5 Å². The third kappa shape index (κ3) is 3.48. The highest BCUT2D eigenvalue weighted by Crippen LogP contribution is 2.27. The summed E-state index contributed by atoms with van der Waals surface area (Å²) in [4.78, 5) is 29.8. The number of pyridine rings is 1. The predicted molar refractivity (Wildman–Crippen MR) is 114 cm³/mol. The zero-order chi connectivity index (χ0) is 19.7. The fraction of sp³-hybridized carbons (Fsp3) is 0.0952. The van der Waals surface area contributed by atoms with Crippen molar-refractivity contribution in [3.63, 3.8) is 0 Å². The SMILES string of the molecule is Cn1ccc(CSc2nc3ccccc3c(=O)n2-c2ccccc2Cl)cc1=O. The summed E-state index contributed by atoms with van der Waals surface area (Å²) in [5.41, 5.74) is 1.82. The highest BCUT2D eigenvalue weighted by Gasteiger charge is 2.15. The van der Waals surface area contributed by atoms with Gasteiger partial charge in [-0.1, -0.05) is 47.6 Å². The summed E-state index contributed by atoms with van der Waals surface area (Å²) >= 11 is 7.76. The Hall–Kier alpha value is -2.83. The Labute approximate surface area is 170 Å². The van der Waals surface area contributed by atoms with Crippen LogP contribution in [0.3, 0.4) is 0 Å². The molecule has 0 amide bonds. The zero-order valence-electron chi connectivity index (χ0n) is 15.0. The molecule has 4 aromatic rings. The molecule has 0 spiro atoms. The molecule has 140 valence electrons. The van der Waals surface area contributed by atoms with Crippen LogP contribution >= 0.6 is 23.4 Å². The first kappa shape index (κ1) is 18.5. The molecule has 0 aliphatic heterocycles. The maximum Gasteiger partial charge on any atom is 0.266 e. The van der Waals surface area contributed by atoms with Gasteiger partial charge in [0.15, 0.2) is 5.16 Å². The van der Waals surface area contributed by atoms with Crippen molar-refractivity contribution in [2.75, 3.05) is 0 Å². The van der Waals surface area contributed by atoms with Gasteiger partial charge < -0.3 is 4.57 Å². The van der Waals surface area contributed by atoms with Crippen LogP contribution in [-0.2, 0) is 12.8 Å². The van der Waals surface area contributed by atoms with Gasteiger partial charge in [-0.05, 0) is 35.9 Å². The van der Waals surface area contributed by atoms with Crippen molar-refractivity contribution in [1.29, 1.82) is 0 Å². The van der Waals surface area contributed by atoms with E-state index < -0.39 is 0 Å². The van der Waals surface area contributed by atoms with Gasteiger partial charge in [0.2, 0.25) is 0 Å². The third-order valence-electron chi connectivity index (χ3n) is 4.37. The first-order valence-electron chi connectivity index (χ1n) is 8.59. The van der Waals surface area contributed by atoms with Gasteiger partial charge in [0.1, 0.15) is 0 Å². The van der Waals surface area contributed by atoms with Gasteiger partial charge in [0.05, 0.1) is 21.6 Å². The minimum atomic E-state index is -0.176. The number of benzene rings is 2. The molecule has 0 saturated carbocycles. The lowest BCUT2D eigenvalue weighted by Gasteiger charge is -2.14. The molecular formula is C21H16ClN3O2S. The first-order chi connectivity index (χ1) is 13.5. The molecule has 5 nitrogen and oxygen atoms in total. The number of rotatable bonds is 4. The van der Waals surface area contributed by atoms with Crippen molar-refractivity contribution in [3.8, 4) is 5.69 Å². The molecule has 0 bridgehead atoms. The van der Waals surface area contributed by atoms with Crippen molar-refractivity contribution in [2.24, 2.45) is 7.05 Å². The molecule has 0 aliphatic carbocycles. The summed E-state index contributed by atoms with van der Waals surface area (Å²) < 4.78 is 3.05. The summed E-state index contributed by atoms with van der Waals surface area (Å²) in [6, 6.07) is 17.9. The molecule has 7 heteroatoms. The average molecular weight is 410 g/mol. The van der Waals surface area contributed by atoms with Crippen LogP contribution in [0.15, 0.2) is 81.6 Å². The van der Waals surface area contributed by atoms with Crippen LogP contribution in [0.25, 0.3) is 16.6 Å². The molecule has 0 unspecified atom stereocenters. The van der Waals surface area contributed by atoms with E-state index in [-0.39, 0.29) is 11.1 Å². The van der Waals surface area contributed by atoms with Crippen LogP contribution < -0.4 is 11.1 Å². The van der Waals surface area contributed by atoms with E-state index in [9.17, 15) is 9.59 Å². The Balaban J connectivity index is 1.85. The maximum atomic E-state index is 13.2. The third-order valence-corrected chi connectivity index (χ3v) is 5.70. The quantitative estimate of drug-likeness (QED) is 0.377. The van der Waals surface area contributed by atoms with Gasteiger partial charge in [-0.25, -0.2) is 4.98 Å². The highest BCUT2D eigenvalue weighted by molar-refractivity contribution is 7.98. The van der Waals surface area contributed by atoms with E-state index in [1.165, 1.54) is 20.9 Å². The van der Waals surface area contributed by atoms with Crippen LogP contribution in [0.1, 0.15) is 5.56 Å². The van der Waals surface area contributed by atoms with Gasteiger partial charge >= 0.3 is 0 Å². The molecule has 0 aliphatic rings. The van der Waals surface area contributed by atoms with Crippen LogP contribution in [0.4, 0.5) is 0 Å². The molecule has 0 N–H and O–H groups in total. The highest BCUT2D eigenvalue weighted by atomic mass is 35.5. The van der Waals surface area contributed by atoms with Crippen molar-refractivity contribution in [2.45, 2.75) is 10.9 Å². The number of hydrogen-bond acceptors (Lipinski definition) is 4. The second-order valence-electron chi connectivity index (χ2n) is 6.28. The molecular weight excluding hydrogens is 394 g/mol. The Morgan fingerprint density at radius 1 is 1.04 bits per heavy atom. The van der Waals surface area contributed by atoms with Crippen molar-refractivity contribution in [1.82, 2.24) is 14.1 Å². The molecule has 2 aromatic carbocycles. The number of hydrogen-bond donors (Lipinski definition) is 0. The number of aromatic nitrogens is 3. The average Bonchev–Trinajstić information content (AvgIpc) is 2.70. The summed E-state index contributed by atoms with van der Waals surface area (Å²) in [6.07, 6.45) is 1.73. The van der Waals surface area contributed by atoms with E-state index in [0.29, 0.717) is 32.5 Å². The van der Waals surface area contributed by atoms with Gasteiger partial charge in [0.25, 0.3) is 11.1 Å². The number of aryl methyl sites for hydroxylation is 1. The summed E-state index contributed by atoms with van der Waals surface area (Å²) in [5, 5.41) is 1.52. The van der Waals surface area contributed by atoms with E-state index in [2.05, 4.69) is 0 Å². The summed E-state index contributed by atoms with van der Waals surface area (Å²) in [7, 11) is 1.71. The molecule has 0 radical (unpaired) electrons. The van der Waals surface area contributed by atoms with Gasteiger partial charge in [0, 0.05) is 25.1 Å². The molecule has 2 heterocycles. The van der Waals surface area contributed by atoms with Crippen LogP contribution in [0, 0.1) is 0 Å². The van der Waals surface area contributed by atoms with Gasteiger partial charge in [-0.3, -0.25) is 14.2 Å². The molecule has 0 atom stereocenters. The number of fused-ring (bicyclic) bond motifs is 1. The van der Waals surface area contributed by atoms with Crippen molar-refractivity contribution < 1.29 is 0 Å². The van der Waals surface area contributed by atoms with E-state index >= 15 is 0 Å². The lowest BCUT2D eigenvalue weighted by atomic mass is 10.2. The van der Waals surface area contributed by atoms with Crippen molar-refractivity contribution in [3.05, 3.63) is 98.2 Å². The monoisotopic (exact) mass is 409 g/mol. The Morgan fingerprint density at radius 2 is 1.79 bits per heavy atom. The molecule has 28 heavy (non-hydrogen) atoms. The zero-order valence-corrected chi connectivity index (χ0v) is 16.6. The number of nitrogens with zero attached hydrogens (tertiary/aromatic N) is 3. The minimum Gasteiger partial charge on any atom is -0.319 e. The van der Waals surface area contributed by atoms with Crippen LogP contribution in [-0.4, -0.2) is 14.1 Å². The Morgan fingerprint density at radius 3 is 2.57 bits per heavy atom. The van der Waals surface area contributed by atoms with E-state index in [0.717, 1.165) is 5.56 Å². The van der Waals surface area contributed by atoms with E-state index in [4.69, 9.17) is 16.6 Å². The van der Waals surface area contributed by atoms with Crippen LogP contribution in [0.5, 0.6) is 0 Å². The summed E-state index contributed by atoms with van der Waals surface area (Å²) in [5.74, 6) is 0.505. The molecule has 2 aromatic heterocycles. The van der Waals surface area contributed by atoms with Gasteiger partial charge in [-0.2, -0.15) is 0 Å². The standard InChI is InChI=1S/C21H16ClN3O2S/c1-24-11-10-14(12-19(24)26)13-28-21-23-17-8-4-2-6-15(17)20(27)25(21)18-9-5-3-7-16(18)22/h2-12H,13H2,1H3. The normalized spacial score (nSPS) is 11.1. The lowest BCUT2D eigenvalue weighted by molar-refractivity contribution is 0.819. The lowest BCUT2D eigenvalue weighted by Crippen LogP contribution is -2.22. The van der Waals surface area contributed by atoms with E-state index in [1.807, 2.05) is 36.4 Å². The number of para-hydroxylation sites is 2. The summed E-state index contributed by atoms with van der Waals surface area (Å²) in [6.45, 7) is 0. The van der Waals surface area contributed by atoms with Crippen molar-refractivity contribution >= 4 is 34.3 Å². The Bertz CT molecular complexity index is 1300. The first-order valence-corrected chi connectivity index (χ1v) is 9.96. The number of thioether (sulfide) groups is 1.